The summed E-state index contributed by atoms with van der Waals surface area (Å²) in [6.45, 7) is 3.54. The Morgan fingerprint density at radius 1 is 1.11 bits per heavy atom. The third-order valence-corrected chi connectivity index (χ3v) is 6.62. The van der Waals surface area contributed by atoms with E-state index in [9.17, 15) is 4.79 Å². The Bertz CT molecular complexity index is 961. The third-order valence-electron chi connectivity index (χ3n) is 4.53. The van der Waals surface area contributed by atoms with Crippen molar-refractivity contribution in [2.75, 3.05) is 12.4 Å². The first-order chi connectivity index (χ1) is 13.7. The van der Waals surface area contributed by atoms with Gasteiger partial charge in [0, 0.05) is 10.6 Å². The highest BCUT2D eigenvalue weighted by Gasteiger charge is 2.28. The van der Waals surface area contributed by atoms with Gasteiger partial charge in [0.2, 0.25) is 0 Å². The van der Waals surface area contributed by atoms with Crippen molar-refractivity contribution in [1.82, 2.24) is 4.90 Å². The lowest BCUT2D eigenvalue weighted by atomic mass is 10.2. The molecule has 0 radical (unpaired) electrons. The van der Waals surface area contributed by atoms with Crippen LogP contribution in [0.15, 0.2) is 70.4 Å². The standard InChI is InChI=1S/C22H21NO3S2/c1-16-9-12-27-19(16)15-23(14-18-8-5-10-25-18)22(24)20-21(28-13-11-26-20)17-6-3-2-4-7-17/h2-10,12H,11,13-15H2,1H3. The molecule has 1 aliphatic heterocycles. The van der Waals surface area contributed by atoms with E-state index in [4.69, 9.17) is 9.15 Å². The minimum atomic E-state index is -0.102. The predicted octanol–water partition coefficient (Wildman–Crippen LogP) is 5.31. The number of furan rings is 1. The summed E-state index contributed by atoms with van der Waals surface area (Å²) in [6, 6.07) is 15.8. The van der Waals surface area contributed by atoms with Gasteiger partial charge in [-0.3, -0.25) is 4.79 Å². The van der Waals surface area contributed by atoms with E-state index in [0.29, 0.717) is 25.5 Å². The first kappa shape index (κ1) is 18.9. The summed E-state index contributed by atoms with van der Waals surface area (Å²) in [5.41, 5.74) is 2.21. The SMILES string of the molecule is Cc1ccsc1CN(Cc1ccco1)C(=O)C1=C(c2ccccc2)SCCO1. The van der Waals surface area contributed by atoms with Crippen LogP contribution in [-0.4, -0.2) is 23.2 Å². The maximum absolute atomic E-state index is 13.5. The van der Waals surface area contributed by atoms with Crippen LogP contribution >= 0.6 is 23.1 Å². The van der Waals surface area contributed by atoms with Crippen LogP contribution in [0.4, 0.5) is 0 Å². The average Bonchev–Trinajstić information content (AvgIpc) is 3.40. The smallest absolute Gasteiger partial charge is 0.290 e. The number of thiophene rings is 1. The minimum Gasteiger partial charge on any atom is -0.486 e. The normalized spacial score (nSPS) is 14.0. The Balaban J connectivity index is 1.68. The van der Waals surface area contributed by atoms with Crippen molar-refractivity contribution in [2.45, 2.75) is 20.0 Å². The predicted molar refractivity (Wildman–Crippen MR) is 114 cm³/mol. The quantitative estimate of drug-likeness (QED) is 0.551. The fourth-order valence-electron chi connectivity index (χ4n) is 3.05. The molecule has 0 saturated heterocycles. The van der Waals surface area contributed by atoms with Crippen LogP contribution < -0.4 is 0 Å². The second-order valence-corrected chi connectivity index (χ2v) is 8.59. The molecule has 1 amide bonds. The van der Waals surface area contributed by atoms with Crippen molar-refractivity contribution in [3.05, 3.63) is 87.7 Å². The van der Waals surface area contributed by atoms with Crippen molar-refractivity contribution in [3.8, 4) is 0 Å². The molecule has 1 aliphatic rings. The fourth-order valence-corrected chi connectivity index (χ4v) is 4.93. The number of carbonyl (C=O) groups is 1. The number of nitrogens with zero attached hydrogens (tertiary/aromatic N) is 1. The molecule has 4 nitrogen and oxygen atoms in total. The van der Waals surface area contributed by atoms with Crippen LogP contribution in [0.25, 0.3) is 4.91 Å². The van der Waals surface area contributed by atoms with E-state index in [2.05, 4.69) is 18.4 Å². The average molecular weight is 412 g/mol. The molecule has 0 saturated carbocycles. The van der Waals surface area contributed by atoms with Crippen molar-refractivity contribution < 1.29 is 13.9 Å². The number of rotatable bonds is 6. The number of hydrogen-bond donors (Lipinski definition) is 0. The van der Waals surface area contributed by atoms with Gasteiger partial charge in [-0.25, -0.2) is 0 Å². The van der Waals surface area contributed by atoms with Crippen molar-refractivity contribution >= 4 is 33.9 Å². The highest BCUT2D eigenvalue weighted by Crippen LogP contribution is 2.36. The van der Waals surface area contributed by atoms with Crippen LogP contribution in [0, 0.1) is 6.92 Å². The number of carbonyl (C=O) groups excluding carboxylic acids is 1. The number of amides is 1. The lowest BCUT2D eigenvalue weighted by Gasteiger charge is -2.26. The summed E-state index contributed by atoms with van der Waals surface area (Å²) in [6.07, 6.45) is 1.63. The summed E-state index contributed by atoms with van der Waals surface area (Å²) in [4.78, 5) is 17.4. The van der Waals surface area contributed by atoms with Crippen LogP contribution in [0.5, 0.6) is 0 Å². The molecule has 3 heterocycles. The Morgan fingerprint density at radius 3 is 2.68 bits per heavy atom. The molecule has 0 unspecified atom stereocenters. The molecule has 6 heteroatoms. The van der Waals surface area contributed by atoms with Gasteiger partial charge in [0.05, 0.1) is 30.9 Å². The number of benzene rings is 1. The lowest BCUT2D eigenvalue weighted by molar-refractivity contribution is -0.132. The zero-order valence-corrected chi connectivity index (χ0v) is 17.2. The first-order valence-electron chi connectivity index (χ1n) is 9.12. The van der Waals surface area contributed by atoms with Gasteiger partial charge in [-0.1, -0.05) is 30.3 Å². The van der Waals surface area contributed by atoms with Crippen molar-refractivity contribution in [3.63, 3.8) is 0 Å². The summed E-state index contributed by atoms with van der Waals surface area (Å²) in [5.74, 6) is 1.93. The first-order valence-corrected chi connectivity index (χ1v) is 11.0. The zero-order chi connectivity index (χ0) is 19.3. The summed E-state index contributed by atoms with van der Waals surface area (Å²) in [5, 5.41) is 2.06. The molecule has 144 valence electrons. The topological polar surface area (TPSA) is 42.7 Å². The summed E-state index contributed by atoms with van der Waals surface area (Å²) >= 11 is 3.34. The van der Waals surface area contributed by atoms with E-state index >= 15 is 0 Å². The van der Waals surface area contributed by atoms with Gasteiger partial charge in [-0.2, -0.15) is 0 Å². The van der Waals surface area contributed by atoms with E-state index in [1.165, 1.54) is 10.4 Å². The molecule has 28 heavy (non-hydrogen) atoms. The highest BCUT2D eigenvalue weighted by molar-refractivity contribution is 8.08. The molecule has 0 fully saturated rings. The summed E-state index contributed by atoms with van der Waals surface area (Å²) < 4.78 is 11.4. The highest BCUT2D eigenvalue weighted by atomic mass is 32.2. The van der Waals surface area contributed by atoms with E-state index < -0.39 is 0 Å². The lowest BCUT2D eigenvalue weighted by Crippen LogP contribution is -2.33. The van der Waals surface area contributed by atoms with Gasteiger partial charge in [-0.05, 0) is 41.6 Å². The largest absolute Gasteiger partial charge is 0.486 e. The van der Waals surface area contributed by atoms with Gasteiger partial charge in [-0.15, -0.1) is 23.1 Å². The number of hydrogen-bond acceptors (Lipinski definition) is 5. The molecule has 0 bridgehead atoms. The molecule has 0 atom stereocenters. The molecule has 3 aromatic rings. The molecule has 0 N–H and O–H groups in total. The van der Waals surface area contributed by atoms with E-state index in [1.54, 1.807) is 29.4 Å². The molecule has 4 rings (SSSR count). The van der Waals surface area contributed by atoms with E-state index in [-0.39, 0.29) is 5.91 Å². The minimum absolute atomic E-state index is 0.102. The van der Waals surface area contributed by atoms with E-state index in [1.807, 2.05) is 47.4 Å². The molecular weight excluding hydrogens is 390 g/mol. The Morgan fingerprint density at radius 2 is 1.96 bits per heavy atom. The maximum Gasteiger partial charge on any atom is 0.290 e. The van der Waals surface area contributed by atoms with Crippen LogP contribution in [-0.2, 0) is 22.6 Å². The van der Waals surface area contributed by atoms with Gasteiger partial charge in [0.15, 0.2) is 5.76 Å². The van der Waals surface area contributed by atoms with Crippen molar-refractivity contribution in [1.29, 1.82) is 0 Å². The van der Waals surface area contributed by atoms with Gasteiger partial charge < -0.3 is 14.1 Å². The maximum atomic E-state index is 13.5. The number of thioether (sulfide) groups is 1. The second-order valence-electron chi connectivity index (χ2n) is 6.49. The van der Waals surface area contributed by atoms with Gasteiger partial charge >= 0.3 is 0 Å². The van der Waals surface area contributed by atoms with Crippen LogP contribution in [0.3, 0.4) is 0 Å². The molecule has 0 aliphatic carbocycles. The Kier molecular flexibility index (Phi) is 5.88. The van der Waals surface area contributed by atoms with Crippen LogP contribution in [0.2, 0.25) is 0 Å². The number of ether oxygens (including phenoxy) is 1. The second kappa shape index (κ2) is 8.71. The third kappa shape index (κ3) is 4.18. The molecular formula is C22H21NO3S2. The zero-order valence-electron chi connectivity index (χ0n) is 15.6. The Labute approximate surface area is 172 Å². The molecule has 0 spiro atoms. The van der Waals surface area contributed by atoms with Gasteiger partial charge in [0.1, 0.15) is 5.76 Å². The fraction of sp³-hybridized carbons (Fsp3) is 0.227. The molecule has 2 aromatic heterocycles. The molecule has 1 aromatic carbocycles. The number of aryl methyl sites for hydroxylation is 1. The Hall–Kier alpha value is -2.44. The van der Waals surface area contributed by atoms with E-state index in [0.717, 1.165) is 22.0 Å². The van der Waals surface area contributed by atoms with Crippen LogP contribution in [0.1, 0.15) is 21.8 Å². The van der Waals surface area contributed by atoms with Gasteiger partial charge in [0.25, 0.3) is 5.91 Å². The summed E-state index contributed by atoms with van der Waals surface area (Å²) in [7, 11) is 0. The monoisotopic (exact) mass is 411 g/mol. The van der Waals surface area contributed by atoms with Crippen molar-refractivity contribution in [2.24, 2.45) is 0 Å².